The van der Waals surface area contributed by atoms with Gasteiger partial charge in [-0.05, 0) is 52.9 Å². The van der Waals surface area contributed by atoms with E-state index in [1.54, 1.807) is 0 Å². The van der Waals surface area contributed by atoms with Crippen LogP contribution in [-0.4, -0.2) is 37.2 Å². The molecule has 0 amide bonds. The molecule has 0 aromatic carbocycles. The van der Waals surface area contributed by atoms with Crippen LogP contribution in [0.2, 0.25) is 5.82 Å². The summed E-state index contributed by atoms with van der Waals surface area (Å²) in [5.74, 6) is 0.491. The lowest BCUT2D eigenvalue weighted by Crippen LogP contribution is -2.67. The first kappa shape index (κ1) is 16.0. The van der Waals surface area contributed by atoms with Crippen molar-refractivity contribution in [3.63, 3.8) is 0 Å². The van der Waals surface area contributed by atoms with Crippen molar-refractivity contribution in [3.8, 4) is 0 Å². The van der Waals surface area contributed by atoms with Crippen molar-refractivity contribution in [2.45, 2.75) is 70.4 Å². The van der Waals surface area contributed by atoms with E-state index in [0.717, 1.165) is 19.1 Å². The maximum atomic E-state index is 12.4. The number of esters is 1. The standard InChI is InChI=1S/C16H25BO5/c1-14(2)15(3,4)22-17(21-14)12-11-9-16(12,10-11)13(19)20-8-6-5-7-18/h7,11-12H,5-6,8-10H2,1-4H3. The number of unbranched alkanes of at least 4 members (excludes halogenated alkanes) is 1. The molecule has 0 N–H and O–H groups in total. The number of aldehydes is 1. The SMILES string of the molecule is CC1(C)OB(C2C3CC2(C(=O)OCCCC=O)C3)OC1(C)C. The van der Waals surface area contributed by atoms with Gasteiger partial charge >= 0.3 is 13.1 Å². The van der Waals surface area contributed by atoms with Crippen LogP contribution in [0, 0.1) is 11.3 Å². The van der Waals surface area contributed by atoms with Crippen molar-refractivity contribution in [2.24, 2.45) is 11.3 Å². The summed E-state index contributed by atoms with van der Waals surface area (Å²) in [4.78, 5) is 22.7. The Balaban J connectivity index is 1.61. The molecular weight excluding hydrogens is 283 g/mol. The Labute approximate surface area is 132 Å². The average Bonchev–Trinajstić information content (AvgIpc) is 2.49. The van der Waals surface area contributed by atoms with Gasteiger partial charge in [-0.15, -0.1) is 0 Å². The molecule has 1 saturated heterocycles. The highest BCUT2D eigenvalue weighted by Gasteiger charge is 2.76. The zero-order valence-corrected chi connectivity index (χ0v) is 13.9. The number of carbonyl (C=O) groups excluding carboxylic acids is 2. The summed E-state index contributed by atoms with van der Waals surface area (Å²) in [6.07, 6.45) is 3.64. The fourth-order valence-corrected chi connectivity index (χ4v) is 3.83. The summed E-state index contributed by atoms with van der Waals surface area (Å²) in [6, 6.07) is 0. The van der Waals surface area contributed by atoms with E-state index in [4.69, 9.17) is 14.0 Å². The average molecular weight is 308 g/mol. The molecule has 122 valence electrons. The van der Waals surface area contributed by atoms with Crippen LogP contribution in [0.25, 0.3) is 0 Å². The van der Waals surface area contributed by atoms with Gasteiger partial charge in [0.05, 0.1) is 23.2 Å². The Bertz CT molecular complexity index is 465. The molecule has 3 saturated carbocycles. The molecule has 0 radical (unpaired) electrons. The Morgan fingerprint density at radius 3 is 2.27 bits per heavy atom. The zero-order chi connectivity index (χ0) is 16.2. The Kier molecular flexibility index (Phi) is 3.68. The van der Waals surface area contributed by atoms with Crippen LogP contribution in [0.1, 0.15) is 53.4 Å². The minimum Gasteiger partial charge on any atom is -0.465 e. The first-order valence-corrected chi connectivity index (χ1v) is 8.20. The van der Waals surface area contributed by atoms with E-state index in [0.29, 0.717) is 25.4 Å². The first-order chi connectivity index (χ1) is 10.2. The highest BCUT2D eigenvalue weighted by Crippen LogP contribution is 2.75. The molecule has 4 aliphatic rings. The molecule has 1 atom stereocenters. The maximum absolute atomic E-state index is 12.4. The van der Waals surface area contributed by atoms with Gasteiger partial charge in [0, 0.05) is 12.2 Å². The second kappa shape index (κ2) is 5.06. The highest BCUT2D eigenvalue weighted by atomic mass is 16.7. The first-order valence-electron chi connectivity index (χ1n) is 8.20. The quantitative estimate of drug-likeness (QED) is 0.326. The molecule has 6 heteroatoms. The highest BCUT2D eigenvalue weighted by molar-refractivity contribution is 6.49. The molecule has 4 fully saturated rings. The normalized spacial score (nSPS) is 37.2. The van der Waals surface area contributed by atoms with Crippen molar-refractivity contribution in [1.29, 1.82) is 0 Å². The Hall–Kier alpha value is -0.875. The summed E-state index contributed by atoms with van der Waals surface area (Å²) >= 11 is 0. The molecule has 5 nitrogen and oxygen atoms in total. The Morgan fingerprint density at radius 2 is 1.82 bits per heavy atom. The fourth-order valence-electron chi connectivity index (χ4n) is 3.83. The van der Waals surface area contributed by atoms with Crippen LogP contribution in [-0.2, 0) is 23.6 Å². The molecule has 1 heterocycles. The second-order valence-electron chi connectivity index (χ2n) is 7.92. The van der Waals surface area contributed by atoms with Gasteiger partial charge in [0.15, 0.2) is 0 Å². The number of hydrogen-bond acceptors (Lipinski definition) is 5. The maximum Gasteiger partial charge on any atom is 0.462 e. The summed E-state index contributed by atoms with van der Waals surface area (Å²) in [5, 5.41) is 0. The van der Waals surface area contributed by atoms with Gasteiger partial charge in [-0.25, -0.2) is 0 Å². The Morgan fingerprint density at radius 1 is 1.23 bits per heavy atom. The molecule has 2 bridgehead atoms. The molecular formula is C16H25BO5. The van der Waals surface area contributed by atoms with Crippen molar-refractivity contribution in [2.75, 3.05) is 6.61 Å². The van der Waals surface area contributed by atoms with Crippen molar-refractivity contribution in [3.05, 3.63) is 0 Å². The molecule has 0 aromatic rings. The largest absolute Gasteiger partial charge is 0.465 e. The van der Waals surface area contributed by atoms with Gasteiger partial charge in [-0.3, -0.25) is 4.79 Å². The van der Waals surface area contributed by atoms with E-state index in [1.807, 2.05) is 27.7 Å². The topological polar surface area (TPSA) is 61.8 Å². The minimum atomic E-state index is -0.410. The summed E-state index contributed by atoms with van der Waals surface area (Å²) in [5.41, 5.74) is -1.14. The lowest BCUT2D eigenvalue weighted by molar-refractivity contribution is -0.194. The van der Waals surface area contributed by atoms with E-state index >= 15 is 0 Å². The number of rotatable bonds is 6. The molecule has 3 aliphatic carbocycles. The van der Waals surface area contributed by atoms with Crippen molar-refractivity contribution in [1.82, 2.24) is 0 Å². The summed E-state index contributed by atoms with van der Waals surface area (Å²) < 4.78 is 17.6. The van der Waals surface area contributed by atoms with Crippen LogP contribution in [0.3, 0.4) is 0 Å². The van der Waals surface area contributed by atoms with Crippen molar-refractivity contribution >= 4 is 19.4 Å². The third kappa shape index (κ3) is 2.14. The van der Waals surface area contributed by atoms with E-state index in [2.05, 4.69) is 0 Å². The predicted molar refractivity (Wildman–Crippen MR) is 81.2 cm³/mol. The monoisotopic (exact) mass is 308 g/mol. The summed E-state index contributed by atoms with van der Waals surface area (Å²) in [7, 11) is -0.319. The van der Waals surface area contributed by atoms with E-state index in [9.17, 15) is 9.59 Å². The molecule has 1 aliphatic heterocycles. The van der Waals surface area contributed by atoms with Gasteiger partial charge in [0.2, 0.25) is 0 Å². The van der Waals surface area contributed by atoms with Crippen LogP contribution in [0.5, 0.6) is 0 Å². The van der Waals surface area contributed by atoms with Crippen LogP contribution in [0.15, 0.2) is 0 Å². The molecule has 0 spiro atoms. The molecule has 22 heavy (non-hydrogen) atoms. The van der Waals surface area contributed by atoms with E-state index in [1.165, 1.54) is 0 Å². The van der Waals surface area contributed by atoms with Crippen LogP contribution >= 0.6 is 0 Å². The molecule has 4 rings (SSSR count). The second-order valence-corrected chi connectivity index (χ2v) is 7.92. The minimum absolute atomic E-state index is 0.118. The van der Waals surface area contributed by atoms with Gasteiger partial charge in [0.1, 0.15) is 6.29 Å². The fraction of sp³-hybridized carbons (Fsp3) is 0.875. The molecule has 0 aromatic heterocycles. The lowest BCUT2D eigenvalue weighted by atomic mass is 9.28. The van der Waals surface area contributed by atoms with Crippen molar-refractivity contribution < 1.29 is 23.6 Å². The summed E-state index contributed by atoms with van der Waals surface area (Å²) in [6.45, 7) is 8.44. The predicted octanol–water partition coefficient (Wildman–Crippen LogP) is 2.38. The number of carbonyl (C=O) groups is 2. The van der Waals surface area contributed by atoms with Gasteiger partial charge < -0.3 is 18.8 Å². The van der Waals surface area contributed by atoms with Gasteiger partial charge in [-0.1, -0.05) is 0 Å². The van der Waals surface area contributed by atoms with E-state index < -0.39 is 5.41 Å². The third-order valence-corrected chi connectivity index (χ3v) is 6.07. The third-order valence-electron chi connectivity index (χ3n) is 6.07. The van der Waals surface area contributed by atoms with Gasteiger partial charge in [0.25, 0.3) is 0 Å². The van der Waals surface area contributed by atoms with Crippen LogP contribution < -0.4 is 0 Å². The molecule has 1 unspecified atom stereocenters. The lowest BCUT2D eigenvalue weighted by Gasteiger charge is -2.66. The van der Waals surface area contributed by atoms with E-state index in [-0.39, 0.29) is 30.1 Å². The smallest absolute Gasteiger partial charge is 0.462 e. The van der Waals surface area contributed by atoms with Crippen LogP contribution in [0.4, 0.5) is 0 Å². The van der Waals surface area contributed by atoms with Gasteiger partial charge in [-0.2, -0.15) is 0 Å². The zero-order valence-electron chi connectivity index (χ0n) is 13.9. The number of hydrogen-bond donors (Lipinski definition) is 0. The number of ether oxygens (including phenoxy) is 1.